The van der Waals surface area contributed by atoms with Gasteiger partial charge >= 0.3 is 7.12 Å². The van der Waals surface area contributed by atoms with E-state index in [1.807, 2.05) is 47.7 Å². The SMILES string of the molecule is CNCC(=Cc1c[nH]c(=O)cc1C)B1OC(C)(C)C(C)(C)O1. The first-order valence-electron chi connectivity index (χ1n) is 7.56. The molecule has 0 aliphatic carbocycles. The van der Waals surface area contributed by atoms with E-state index in [9.17, 15) is 4.79 Å². The predicted molar refractivity (Wildman–Crippen MR) is 89.8 cm³/mol. The number of aromatic nitrogens is 1. The van der Waals surface area contributed by atoms with Crippen LogP contribution in [0.5, 0.6) is 0 Å². The Morgan fingerprint density at radius 2 is 1.91 bits per heavy atom. The molecule has 0 amide bonds. The fraction of sp³-hybridized carbons (Fsp3) is 0.562. The van der Waals surface area contributed by atoms with E-state index in [-0.39, 0.29) is 16.8 Å². The van der Waals surface area contributed by atoms with E-state index in [4.69, 9.17) is 9.31 Å². The van der Waals surface area contributed by atoms with Gasteiger partial charge in [0.1, 0.15) is 0 Å². The molecule has 1 fully saturated rings. The summed E-state index contributed by atoms with van der Waals surface area (Å²) >= 11 is 0. The molecule has 6 heteroatoms. The van der Waals surface area contributed by atoms with Crippen LogP contribution in [0.2, 0.25) is 0 Å². The van der Waals surface area contributed by atoms with Crippen LogP contribution >= 0.6 is 0 Å². The molecule has 0 unspecified atom stereocenters. The second-order valence-corrected chi connectivity index (χ2v) is 6.77. The van der Waals surface area contributed by atoms with Crippen molar-refractivity contribution in [2.24, 2.45) is 0 Å². The summed E-state index contributed by atoms with van der Waals surface area (Å²) < 4.78 is 12.2. The van der Waals surface area contributed by atoms with Crippen LogP contribution < -0.4 is 10.9 Å². The lowest BCUT2D eigenvalue weighted by Crippen LogP contribution is -2.41. The topological polar surface area (TPSA) is 63.4 Å². The van der Waals surface area contributed by atoms with Crippen molar-refractivity contribution in [1.29, 1.82) is 0 Å². The molecule has 1 aliphatic heterocycles. The van der Waals surface area contributed by atoms with Crippen molar-refractivity contribution in [2.45, 2.75) is 45.8 Å². The van der Waals surface area contributed by atoms with Gasteiger partial charge in [-0.1, -0.05) is 6.08 Å². The molecule has 1 aliphatic rings. The minimum Gasteiger partial charge on any atom is -0.400 e. The highest BCUT2D eigenvalue weighted by atomic mass is 16.7. The highest BCUT2D eigenvalue weighted by Gasteiger charge is 2.52. The summed E-state index contributed by atoms with van der Waals surface area (Å²) in [6, 6.07) is 1.59. The molecule has 2 heterocycles. The molecule has 0 bridgehead atoms. The number of H-pyrrole nitrogens is 1. The fourth-order valence-electron chi connectivity index (χ4n) is 2.34. The number of hydrogen-bond donors (Lipinski definition) is 2. The summed E-state index contributed by atoms with van der Waals surface area (Å²) in [5.41, 5.74) is 2.04. The first kappa shape index (κ1) is 17.0. The molecule has 2 rings (SSSR count). The van der Waals surface area contributed by atoms with Crippen molar-refractivity contribution in [1.82, 2.24) is 10.3 Å². The van der Waals surface area contributed by atoms with E-state index in [0.717, 1.165) is 16.6 Å². The molecule has 0 aromatic carbocycles. The Morgan fingerprint density at radius 1 is 1.32 bits per heavy atom. The van der Waals surface area contributed by atoms with Crippen molar-refractivity contribution in [2.75, 3.05) is 13.6 Å². The standard InChI is InChI=1S/C16H25BN2O3/c1-11-7-14(20)19-9-12(11)8-13(10-18-6)17-21-15(2,3)16(4,5)22-17/h7-9,18H,10H2,1-6H3,(H,19,20). The average Bonchev–Trinajstić information content (AvgIpc) is 2.61. The van der Waals surface area contributed by atoms with Gasteiger partial charge in [-0.25, -0.2) is 0 Å². The van der Waals surface area contributed by atoms with Crippen LogP contribution in [0.15, 0.2) is 22.5 Å². The molecule has 1 saturated heterocycles. The van der Waals surface area contributed by atoms with Crippen molar-refractivity contribution in [3.8, 4) is 0 Å². The van der Waals surface area contributed by atoms with Crippen LogP contribution in [0.4, 0.5) is 0 Å². The maximum Gasteiger partial charge on any atom is 0.491 e. The van der Waals surface area contributed by atoms with Gasteiger partial charge in [0, 0.05) is 18.8 Å². The summed E-state index contributed by atoms with van der Waals surface area (Å²) in [5, 5.41) is 3.15. The van der Waals surface area contributed by atoms with Gasteiger partial charge in [-0.15, -0.1) is 0 Å². The molecular weight excluding hydrogens is 279 g/mol. The quantitative estimate of drug-likeness (QED) is 0.834. The minimum absolute atomic E-state index is 0.0968. The van der Waals surface area contributed by atoms with E-state index >= 15 is 0 Å². The molecule has 0 saturated carbocycles. The number of pyridine rings is 1. The summed E-state index contributed by atoms with van der Waals surface area (Å²) in [5.74, 6) is 0. The zero-order valence-corrected chi connectivity index (χ0v) is 14.2. The largest absolute Gasteiger partial charge is 0.491 e. The van der Waals surface area contributed by atoms with Gasteiger partial charge in [-0.2, -0.15) is 0 Å². The maximum atomic E-state index is 11.3. The molecule has 1 aromatic heterocycles. The predicted octanol–water partition coefficient (Wildman–Crippen LogP) is 1.92. The van der Waals surface area contributed by atoms with Crippen LogP contribution in [0.3, 0.4) is 0 Å². The molecule has 5 nitrogen and oxygen atoms in total. The van der Waals surface area contributed by atoms with E-state index < -0.39 is 7.12 Å². The third-order valence-corrected chi connectivity index (χ3v) is 4.45. The van der Waals surface area contributed by atoms with Gasteiger partial charge in [0.05, 0.1) is 11.2 Å². The highest BCUT2D eigenvalue weighted by molar-refractivity contribution is 6.55. The molecule has 22 heavy (non-hydrogen) atoms. The molecule has 0 radical (unpaired) electrons. The van der Waals surface area contributed by atoms with E-state index in [1.54, 1.807) is 12.3 Å². The molecule has 1 aromatic rings. The van der Waals surface area contributed by atoms with E-state index in [0.29, 0.717) is 6.54 Å². The Labute approximate surface area is 132 Å². The van der Waals surface area contributed by atoms with Crippen LogP contribution in [0, 0.1) is 6.92 Å². The third kappa shape index (κ3) is 3.34. The Bertz CT molecular complexity index is 619. The Hall–Kier alpha value is -1.37. The van der Waals surface area contributed by atoms with Crippen LogP contribution in [-0.4, -0.2) is 36.9 Å². The Balaban J connectivity index is 2.35. The molecule has 120 valence electrons. The number of likely N-dealkylation sites (N-methyl/N-ethyl adjacent to an activating group) is 1. The molecule has 0 spiro atoms. The summed E-state index contributed by atoms with van der Waals surface area (Å²) in [7, 11) is 1.49. The average molecular weight is 304 g/mol. The Morgan fingerprint density at radius 3 is 2.41 bits per heavy atom. The van der Waals surface area contributed by atoms with Gasteiger partial charge in [-0.3, -0.25) is 4.79 Å². The van der Waals surface area contributed by atoms with Gasteiger partial charge < -0.3 is 19.6 Å². The van der Waals surface area contributed by atoms with E-state index in [2.05, 4.69) is 10.3 Å². The normalized spacial score (nSPS) is 20.5. The van der Waals surface area contributed by atoms with Gasteiger partial charge in [0.25, 0.3) is 0 Å². The summed E-state index contributed by atoms with van der Waals surface area (Å²) in [4.78, 5) is 14.1. The third-order valence-electron chi connectivity index (χ3n) is 4.45. The number of aromatic amines is 1. The molecule has 0 atom stereocenters. The first-order chi connectivity index (χ1) is 10.2. The van der Waals surface area contributed by atoms with Crippen molar-refractivity contribution in [3.63, 3.8) is 0 Å². The second kappa shape index (κ2) is 6.03. The van der Waals surface area contributed by atoms with Crippen molar-refractivity contribution in [3.05, 3.63) is 39.2 Å². The summed E-state index contributed by atoms with van der Waals surface area (Å²) in [6.07, 6.45) is 3.74. The van der Waals surface area contributed by atoms with Gasteiger partial charge in [-0.05, 0) is 58.3 Å². The molecular formula is C16H25BN2O3. The summed E-state index contributed by atoms with van der Waals surface area (Å²) in [6.45, 7) is 10.7. The first-order valence-corrected chi connectivity index (χ1v) is 7.56. The Kier molecular flexibility index (Phi) is 4.66. The number of nitrogens with one attached hydrogen (secondary N) is 2. The lowest BCUT2D eigenvalue weighted by Gasteiger charge is -2.32. The number of rotatable bonds is 4. The lowest BCUT2D eigenvalue weighted by molar-refractivity contribution is 0.00578. The zero-order chi connectivity index (χ0) is 16.5. The highest BCUT2D eigenvalue weighted by Crippen LogP contribution is 2.38. The second-order valence-electron chi connectivity index (χ2n) is 6.77. The van der Waals surface area contributed by atoms with Crippen LogP contribution in [0.1, 0.15) is 38.8 Å². The van der Waals surface area contributed by atoms with Gasteiger partial charge in [0.2, 0.25) is 5.56 Å². The number of hydrogen-bond acceptors (Lipinski definition) is 4. The molecule has 2 N–H and O–H groups in total. The van der Waals surface area contributed by atoms with E-state index in [1.165, 1.54) is 0 Å². The van der Waals surface area contributed by atoms with Crippen LogP contribution in [-0.2, 0) is 9.31 Å². The lowest BCUT2D eigenvalue weighted by atomic mass is 9.77. The smallest absolute Gasteiger partial charge is 0.400 e. The monoisotopic (exact) mass is 304 g/mol. The van der Waals surface area contributed by atoms with Crippen molar-refractivity contribution >= 4 is 13.2 Å². The van der Waals surface area contributed by atoms with Gasteiger partial charge in [0.15, 0.2) is 0 Å². The fourth-order valence-corrected chi connectivity index (χ4v) is 2.34. The van der Waals surface area contributed by atoms with Crippen LogP contribution in [0.25, 0.3) is 6.08 Å². The number of aryl methyl sites for hydroxylation is 1. The maximum absolute atomic E-state index is 11.3. The van der Waals surface area contributed by atoms with Crippen molar-refractivity contribution < 1.29 is 9.31 Å². The zero-order valence-electron chi connectivity index (χ0n) is 14.2. The minimum atomic E-state index is -0.399.